The standard InChI is InChI=1S/C11H13NO3/c1-15-10-3-2-7(6-9(10)14)11-8(13)4-5-12-11/h2-3,6,11-12,14H,4-5H2,1H3. The lowest BCUT2D eigenvalue weighted by Crippen LogP contribution is -2.17. The second kappa shape index (κ2) is 3.90. The number of methoxy groups -OCH3 is 1. The van der Waals surface area contributed by atoms with E-state index in [1.807, 2.05) is 0 Å². The Morgan fingerprint density at radius 2 is 2.33 bits per heavy atom. The molecule has 4 nitrogen and oxygen atoms in total. The van der Waals surface area contributed by atoms with Crippen LogP contribution in [0.5, 0.6) is 11.5 Å². The lowest BCUT2D eigenvalue weighted by atomic mass is 10.0. The van der Waals surface area contributed by atoms with Gasteiger partial charge >= 0.3 is 0 Å². The first-order valence-electron chi connectivity index (χ1n) is 4.85. The molecular formula is C11H13NO3. The van der Waals surface area contributed by atoms with Gasteiger partial charge in [0, 0.05) is 13.0 Å². The molecule has 1 aromatic carbocycles. The zero-order valence-corrected chi connectivity index (χ0v) is 8.49. The molecule has 0 radical (unpaired) electrons. The number of rotatable bonds is 2. The molecule has 15 heavy (non-hydrogen) atoms. The van der Waals surface area contributed by atoms with Gasteiger partial charge in [0.2, 0.25) is 0 Å². The maximum absolute atomic E-state index is 11.5. The van der Waals surface area contributed by atoms with Crippen LogP contribution in [-0.4, -0.2) is 24.5 Å². The van der Waals surface area contributed by atoms with Crippen molar-refractivity contribution in [2.24, 2.45) is 0 Å². The van der Waals surface area contributed by atoms with Crippen LogP contribution in [-0.2, 0) is 4.79 Å². The van der Waals surface area contributed by atoms with Crippen LogP contribution in [0.2, 0.25) is 0 Å². The summed E-state index contributed by atoms with van der Waals surface area (Å²) in [4.78, 5) is 11.5. The number of Topliss-reactive ketones (excluding diaryl/α,β-unsaturated/α-hetero) is 1. The highest BCUT2D eigenvalue weighted by Crippen LogP contribution is 2.30. The summed E-state index contributed by atoms with van der Waals surface area (Å²) in [6.07, 6.45) is 0.553. The smallest absolute Gasteiger partial charge is 0.160 e. The molecule has 1 aliphatic rings. The molecule has 1 atom stereocenters. The number of carbonyl (C=O) groups excluding carboxylic acids is 1. The summed E-state index contributed by atoms with van der Waals surface area (Å²) in [6.45, 7) is 0.705. The summed E-state index contributed by atoms with van der Waals surface area (Å²) in [6, 6.07) is 4.75. The minimum Gasteiger partial charge on any atom is -0.504 e. The van der Waals surface area contributed by atoms with E-state index in [1.165, 1.54) is 7.11 Å². The topological polar surface area (TPSA) is 58.6 Å². The second-order valence-electron chi connectivity index (χ2n) is 3.53. The SMILES string of the molecule is COc1ccc(C2NCCC2=O)cc1O. The molecule has 80 valence electrons. The molecular weight excluding hydrogens is 194 g/mol. The third kappa shape index (κ3) is 1.80. The number of carbonyl (C=O) groups is 1. The van der Waals surface area contributed by atoms with Crippen molar-refractivity contribution in [3.8, 4) is 11.5 Å². The minimum absolute atomic E-state index is 0.0662. The van der Waals surface area contributed by atoms with Gasteiger partial charge < -0.3 is 15.2 Å². The maximum Gasteiger partial charge on any atom is 0.160 e. The maximum atomic E-state index is 11.5. The van der Waals surface area contributed by atoms with Gasteiger partial charge in [-0.05, 0) is 17.7 Å². The molecule has 1 aromatic rings. The molecule has 1 heterocycles. The summed E-state index contributed by atoms with van der Waals surface area (Å²) in [5, 5.41) is 12.7. The van der Waals surface area contributed by atoms with Gasteiger partial charge in [-0.1, -0.05) is 6.07 Å². The summed E-state index contributed by atoms with van der Waals surface area (Å²) in [5.41, 5.74) is 0.788. The molecule has 0 aromatic heterocycles. The van der Waals surface area contributed by atoms with Crippen molar-refractivity contribution in [2.45, 2.75) is 12.5 Å². The van der Waals surface area contributed by atoms with E-state index in [0.29, 0.717) is 18.7 Å². The second-order valence-corrected chi connectivity index (χ2v) is 3.53. The van der Waals surface area contributed by atoms with Crippen LogP contribution in [0, 0.1) is 0 Å². The Labute approximate surface area is 87.9 Å². The van der Waals surface area contributed by atoms with Crippen LogP contribution >= 0.6 is 0 Å². The van der Waals surface area contributed by atoms with Crippen molar-refractivity contribution in [3.63, 3.8) is 0 Å². The van der Waals surface area contributed by atoms with Crippen LogP contribution in [0.15, 0.2) is 18.2 Å². The zero-order chi connectivity index (χ0) is 10.8. The average Bonchev–Trinajstić information content (AvgIpc) is 2.64. The van der Waals surface area contributed by atoms with E-state index in [4.69, 9.17) is 4.74 Å². The van der Waals surface area contributed by atoms with Crippen molar-refractivity contribution in [3.05, 3.63) is 23.8 Å². The Morgan fingerprint density at radius 1 is 1.53 bits per heavy atom. The van der Waals surface area contributed by atoms with Gasteiger partial charge in [-0.2, -0.15) is 0 Å². The van der Waals surface area contributed by atoms with Crippen molar-refractivity contribution >= 4 is 5.78 Å². The number of ether oxygens (including phenoxy) is 1. The Hall–Kier alpha value is -1.55. The molecule has 1 saturated heterocycles. The van der Waals surface area contributed by atoms with Gasteiger partial charge in [0.15, 0.2) is 17.3 Å². The van der Waals surface area contributed by atoms with E-state index < -0.39 is 0 Å². The molecule has 2 rings (SSSR count). The summed E-state index contributed by atoms with van der Waals surface area (Å²) in [7, 11) is 1.49. The molecule has 1 fully saturated rings. The molecule has 0 amide bonds. The number of nitrogens with one attached hydrogen (secondary N) is 1. The first kappa shape index (κ1) is 9.98. The quantitative estimate of drug-likeness (QED) is 0.759. The number of benzene rings is 1. The van der Waals surface area contributed by atoms with Gasteiger partial charge in [0.1, 0.15) is 0 Å². The normalized spacial score (nSPS) is 20.6. The Kier molecular flexibility index (Phi) is 2.60. The predicted molar refractivity (Wildman–Crippen MR) is 55.0 cm³/mol. The third-order valence-corrected chi connectivity index (χ3v) is 2.58. The fourth-order valence-corrected chi connectivity index (χ4v) is 1.79. The number of hydrogen-bond donors (Lipinski definition) is 2. The van der Waals surface area contributed by atoms with E-state index in [2.05, 4.69) is 5.32 Å². The van der Waals surface area contributed by atoms with E-state index in [9.17, 15) is 9.90 Å². The van der Waals surface area contributed by atoms with E-state index in [1.54, 1.807) is 18.2 Å². The highest BCUT2D eigenvalue weighted by molar-refractivity contribution is 5.87. The average molecular weight is 207 g/mol. The molecule has 4 heteroatoms. The molecule has 0 saturated carbocycles. The van der Waals surface area contributed by atoms with Crippen LogP contribution < -0.4 is 10.1 Å². The molecule has 1 aliphatic heterocycles. The van der Waals surface area contributed by atoms with E-state index in [0.717, 1.165) is 5.56 Å². The van der Waals surface area contributed by atoms with Crippen LogP contribution in [0.3, 0.4) is 0 Å². The third-order valence-electron chi connectivity index (χ3n) is 2.58. The number of ketones is 1. The Balaban J connectivity index is 2.29. The first-order valence-corrected chi connectivity index (χ1v) is 4.85. The van der Waals surface area contributed by atoms with Gasteiger partial charge in [0.25, 0.3) is 0 Å². The monoisotopic (exact) mass is 207 g/mol. The van der Waals surface area contributed by atoms with Gasteiger partial charge in [-0.15, -0.1) is 0 Å². The lowest BCUT2D eigenvalue weighted by molar-refractivity contribution is -0.118. The number of phenols is 1. The predicted octanol–water partition coefficient (Wildman–Crippen LogP) is 1.00. The number of phenolic OH excluding ortho intramolecular Hbond substituents is 1. The van der Waals surface area contributed by atoms with Crippen LogP contribution in [0.25, 0.3) is 0 Å². The summed E-state index contributed by atoms with van der Waals surface area (Å²) >= 11 is 0. The molecule has 0 aliphatic carbocycles. The van der Waals surface area contributed by atoms with E-state index in [-0.39, 0.29) is 17.6 Å². The number of hydrogen-bond acceptors (Lipinski definition) is 4. The number of aromatic hydroxyl groups is 1. The Bertz CT molecular complexity index is 389. The Morgan fingerprint density at radius 3 is 2.87 bits per heavy atom. The zero-order valence-electron chi connectivity index (χ0n) is 8.49. The van der Waals surface area contributed by atoms with Crippen LogP contribution in [0.4, 0.5) is 0 Å². The summed E-state index contributed by atoms with van der Waals surface area (Å²) < 4.78 is 4.93. The summed E-state index contributed by atoms with van der Waals surface area (Å²) in [5.74, 6) is 0.653. The highest BCUT2D eigenvalue weighted by Gasteiger charge is 2.25. The first-order chi connectivity index (χ1) is 7.22. The fourth-order valence-electron chi connectivity index (χ4n) is 1.79. The van der Waals surface area contributed by atoms with Gasteiger partial charge in [0.05, 0.1) is 13.2 Å². The molecule has 2 N–H and O–H groups in total. The van der Waals surface area contributed by atoms with Crippen LogP contribution in [0.1, 0.15) is 18.0 Å². The highest BCUT2D eigenvalue weighted by atomic mass is 16.5. The van der Waals surface area contributed by atoms with Crippen molar-refractivity contribution < 1.29 is 14.6 Å². The van der Waals surface area contributed by atoms with Crippen molar-refractivity contribution in [1.82, 2.24) is 5.32 Å². The largest absolute Gasteiger partial charge is 0.504 e. The fraction of sp³-hybridized carbons (Fsp3) is 0.364. The van der Waals surface area contributed by atoms with Gasteiger partial charge in [-0.3, -0.25) is 4.79 Å². The van der Waals surface area contributed by atoms with Crippen molar-refractivity contribution in [1.29, 1.82) is 0 Å². The molecule has 0 spiro atoms. The minimum atomic E-state index is -0.276. The van der Waals surface area contributed by atoms with Gasteiger partial charge in [-0.25, -0.2) is 0 Å². The molecule has 1 unspecified atom stereocenters. The van der Waals surface area contributed by atoms with E-state index >= 15 is 0 Å². The molecule has 0 bridgehead atoms. The lowest BCUT2D eigenvalue weighted by Gasteiger charge is -2.11. The van der Waals surface area contributed by atoms with Crippen molar-refractivity contribution in [2.75, 3.05) is 13.7 Å².